The molecule has 1 aromatic rings. The van der Waals surface area contributed by atoms with Crippen LogP contribution in [-0.4, -0.2) is 31.1 Å². The Morgan fingerprint density at radius 1 is 1.30 bits per heavy atom. The molecule has 0 saturated carbocycles. The van der Waals surface area contributed by atoms with Crippen LogP contribution in [0.1, 0.15) is 32.3 Å². The first-order valence-electron chi connectivity index (χ1n) is 7.29. The van der Waals surface area contributed by atoms with E-state index in [9.17, 15) is 0 Å². The van der Waals surface area contributed by atoms with Crippen molar-refractivity contribution >= 4 is 29.1 Å². The van der Waals surface area contributed by atoms with Crippen molar-refractivity contribution in [2.75, 3.05) is 24.0 Å². The van der Waals surface area contributed by atoms with E-state index in [2.05, 4.69) is 38.1 Å². The van der Waals surface area contributed by atoms with Crippen LogP contribution in [0.2, 0.25) is 5.02 Å². The lowest BCUT2D eigenvalue weighted by Gasteiger charge is -2.32. The molecule has 114 valence electrons. The molecule has 0 saturated heterocycles. The minimum Gasteiger partial charge on any atom is -0.369 e. The number of hydrogen-bond acceptors (Lipinski definition) is 3. The fourth-order valence-corrected chi connectivity index (χ4v) is 3.60. The fourth-order valence-electron chi connectivity index (χ4n) is 2.42. The van der Waals surface area contributed by atoms with Crippen LogP contribution in [0, 0.1) is 0 Å². The van der Waals surface area contributed by atoms with Crippen molar-refractivity contribution in [3.05, 3.63) is 28.8 Å². The van der Waals surface area contributed by atoms with Crippen molar-refractivity contribution in [1.29, 1.82) is 0 Å². The highest BCUT2D eigenvalue weighted by atomic mass is 35.5. The van der Waals surface area contributed by atoms with E-state index in [-0.39, 0.29) is 6.04 Å². The first-order valence-corrected chi connectivity index (χ1v) is 9.06. The summed E-state index contributed by atoms with van der Waals surface area (Å²) >= 11 is 8.34. The number of halogens is 1. The van der Waals surface area contributed by atoms with Crippen LogP contribution in [-0.2, 0) is 6.42 Å². The maximum atomic E-state index is 6.46. The van der Waals surface area contributed by atoms with Crippen molar-refractivity contribution in [2.45, 2.75) is 45.2 Å². The van der Waals surface area contributed by atoms with Gasteiger partial charge in [0.2, 0.25) is 0 Å². The lowest BCUT2D eigenvalue weighted by atomic mass is 10.0. The van der Waals surface area contributed by atoms with E-state index in [1.165, 1.54) is 5.56 Å². The molecule has 4 heteroatoms. The van der Waals surface area contributed by atoms with Gasteiger partial charge in [0.05, 0.1) is 10.7 Å². The lowest BCUT2D eigenvalue weighted by Crippen LogP contribution is -2.34. The molecule has 2 nitrogen and oxygen atoms in total. The van der Waals surface area contributed by atoms with Gasteiger partial charge < -0.3 is 10.6 Å². The maximum absolute atomic E-state index is 6.46. The van der Waals surface area contributed by atoms with Gasteiger partial charge in [-0.15, -0.1) is 0 Å². The zero-order valence-electron chi connectivity index (χ0n) is 13.0. The van der Waals surface area contributed by atoms with Crippen LogP contribution in [0.3, 0.4) is 0 Å². The van der Waals surface area contributed by atoms with Crippen molar-refractivity contribution in [2.24, 2.45) is 5.73 Å². The van der Waals surface area contributed by atoms with E-state index in [1.807, 2.05) is 23.9 Å². The molecule has 1 aromatic carbocycles. The standard InChI is InChI=1S/C16H27ClN2S/c1-5-13(18)10-12-8-7-9-15(17)16(12)19(3)14(6-2)11-20-4/h7-9,13-14H,5-6,10-11,18H2,1-4H3. The molecule has 2 atom stereocenters. The third-order valence-electron chi connectivity index (χ3n) is 3.81. The minimum atomic E-state index is 0.196. The summed E-state index contributed by atoms with van der Waals surface area (Å²) in [5.41, 5.74) is 8.54. The molecule has 0 radical (unpaired) electrons. The van der Waals surface area contributed by atoms with E-state index in [4.69, 9.17) is 17.3 Å². The van der Waals surface area contributed by atoms with Crippen molar-refractivity contribution in [3.63, 3.8) is 0 Å². The van der Waals surface area contributed by atoms with Gasteiger partial charge in [-0.1, -0.05) is 37.6 Å². The molecule has 0 heterocycles. The first-order chi connectivity index (χ1) is 9.54. The average Bonchev–Trinajstić information content (AvgIpc) is 2.44. The Bertz CT molecular complexity index is 411. The summed E-state index contributed by atoms with van der Waals surface area (Å²) in [5, 5.41) is 0.827. The van der Waals surface area contributed by atoms with Crippen molar-refractivity contribution in [1.82, 2.24) is 0 Å². The van der Waals surface area contributed by atoms with E-state index < -0.39 is 0 Å². The first kappa shape index (κ1) is 17.7. The third-order valence-corrected chi connectivity index (χ3v) is 4.83. The molecule has 0 fully saturated rings. The molecule has 0 bridgehead atoms. The molecule has 0 amide bonds. The Morgan fingerprint density at radius 3 is 2.55 bits per heavy atom. The average molecular weight is 315 g/mol. The van der Waals surface area contributed by atoms with Gasteiger partial charge in [-0.05, 0) is 37.1 Å². The number of thioether (sulfide) groups is 1. The summed E-state index contributed by atoms with van der Waals surface area (Å²) in [5.74, 6) is 1.11. The van der Waals surface area contributed by atoms with E-state index >= 15 is 0 Å². The summed E-state index contributed by atoms with van der Waals surface area (Å²) in [6.45, 7) is 4.35. The second-order valence-corrected chi connectivity index (χ2v) is 6.57. The Morgan fingerprint density at radius 2 is 2.00 bits per heavy atom. The van der Waals surface area contributed by atoms with Gasteiger partial charge in [0.25, 0.3) is 0 Å². The normalized spacial score (nSPS) is 14.1. The lowest BCUT2D eigenvalue weighted by molar-refractivity contribution is 0.636. The largest absolute Gasteiger partial charge is 0.369 e. The monoisotopic (exact) mass is 314 g/mol. The molecule has 0 aliphatic carbocycles. The highest BCUT2D eigenvalue weighted by molar-refractivity contribution is 7.98. The van der Waals surface area contributed by atoms with Crippen LogP contribution in [0.5, 0.6) is 0 Å². The van der Waals surface area contributed by atoms with Crippen LogP contribution in [0.4, 0.5) is 5.69 Å². The topological polar surface area (TPSA) is 29.3 Å². The second-order valence-electron chi connectivity index (χ2n) is 5.25. The summed E-state index contributed by atoms with van der Waals surface area (Å²) < 4.78 is 0. The molecule has 0 aliphatic heterocycles. The van der Waals surface area contributed by atoms with Gasteiger partial charge in [-0.3, -0.25) is 0 Å². The molecule has 2 N–H and O–H groups in total. The number of nitrogens with two attached hydrogens (primary N) is 1. The smallest absolute Gasteiger partial charge is 0.0642 e. The molecule has 1 rings (SSSR count). The van der Waals surface area contributed by atoms with E-state index in [1.54, 1.807) is 0 Å². The van der Waals surface area contributed by atoms with Crippen LogP contribution in [0.15, 0.2) is 18.2 Å². The number of anilines is 1. The number of para-hydroxylation sites is 1. The van der Waals surface area contributed by atoms with Crippen molar-refractivity contribution in [3.8, 4) is 0 Å². The summed E-state index contributed by atoms with van der Waals surface area (Å²) in [4.78, 5) is 2.33. The molecule has 0 aromatic heterocycles. The van der Waals surface area contributed by atoms with Crippen LogP contribution in [0.25, 0.3) is 0 Å². The summed E-state index contributed by atoms with van der Waals surface area (Å²) in [7, 11) is 2.15. The van der Waals surface area contributed by atoms with E-state index in [0.717, 1.165) is 35.7 Å². The Hall–Kier alpha value is -0.380. The van der Waals surface area contributed by atoms with Gasteiger partial charge >= 0.3 is 0 Å². The van der Waals surface area contributed by atoms with Gasteiger partial charge in [-0.25, -0.2) is 0 Å². The number of hydrogen-bond donors (Lipinski definition) is 1. The van der Waals surface area contributed by atoms with Crippen molar-refractivity contribution < 1.29 is 0 Å². The zero-order chi connectivity index (χ0) is 15.1. The van der Waals surface area contributed by atoms with Gasteiger partial charge in [0.15, 0.2) is 0 Å². The predicted octanol–water partition coefficient (Wildman–Crippen LogP) is 4.20. The molecular weight excluding hydrogens is 288 g/mol. The SMILES string of the molecule is CCC(N)Cc1cccc(Cl)c1N(C)C(CC)CSC. The Kier molecular flexibility index (Phi) is 7.78. The molecular formula is C16H27ClN2S. The maximum Gasteiger partial charge on any atom is 0.0642 e. The second kappa shape index (κ2) is 8.81. The number of nitrogens with zero attached hydrogens (tertiary/aromatic N) is 1. The molecule has 2 unspecified atom stereocenters. The summed E-state index contributed by atoms with van der Waals surface area (Å²) in [6.07, 6.45) is 5.13. The highest BCUT2D eigenvalue weighted by Crippen LogP contribution is 2.32. The quantitative estimate of drug-likeness (QED) is 0.780. The predicted molar refractivity (Wildman–Crippen MR) is 94.3 cm³/mol. The highest BCUT2D eigenvalue weighted by Gasteiger charge is 2.19. The zero-order valence-corrected chi connectivity index (χ0v) is 14.6. The molecule has 0 spiro atoms. The van der Waals surface area contributed by atoms with Gasteiger partial charge in [0, 0.05) is 24.9 Å². The number of benzene rings is 1. The third kappa shape index (κ3) is 4.57. The van der Waals surface area contributed by atoms with Gasteiger partial charge in [0.1, 0.15) is 0 Å². The van der Waals surface area contributed by atoms with E-state index in [0.29, 0.717) is 6.04 Å². The Balaban J connectivity index is 3.07. The number of rotatable bonds is 8. The van der Waals surface area contributed by atoms with Gasteiger partial charge in [-0.2, -0.15) is 11.8 Å². The molecule has 20 heavy (non-hydrogen) atoms. The van der Waals surface area contributed by atoms with Crippen LogP contribution < -0.4 is 10.6 Å². The Labute approximate surface area is 133 Å². The van der Waals surface area contributed by atoms with Crippen LogP contribution >= 0.6 is 23.4 Å². The summed E-state index contributed by atoms with van der Waals surface area (Å²) in [6, 6.07) is 6.84. The fraction of sp³-hybridized carbons (Fsp3) is 0.625. The molecule has 0 aliphatic rings. The minimum absolute atomic E-state index is 0.196.